The molecule has 0 aromatic carbocycles. The Bertz CT molecular complexity index is 449. The first-order chi connectivity index (χ1) is 13.2. The third kappa shape index (κ3) is 8.87. The molecule has 5 heteroatoms. The van der Waals surface area contributed by atoms with E-state index in [0.29, 0.717) is 30.8 Å². The first-order valence-corrected chi connectivity index (χ1v) is 11.6. The van der Waals surface area contributed by atoms with Crippen LogP contribution in [0.1, 0.15) is 83.5 Å². The van der Waals surface area contributed by atoms with E-state index in [1.54, 1.807) is 0 Å². The van der Waals surface area contributed by atoms with Gasteiger partial charge in [-0.3, -0.25) is 4.79 Å². The molecule has 4 nitrogen and oxygen atoms in total. The van der Waals surface area contributed by atoms with Crippen LogP contribution in [0.3, 0.4) is 0 Å². The number of rotatable bonds is 11. The summed E-state index contributed by atoms with van der Waals surface area (Å²) in [7, 11) is 0. The van der Waals surface area contributed by atoms with Crippen LogP contribution in [-0.4, -0.2) is 31.0 Å². The molecule has 0 spiro atoms. The van der Waals surface area contributed by atoms with Gasteiger partial charge in [0.2, 0.25) is 0 Å². The second-order valence-electron chi connectivity index (χ2n) is 8.26. The van der Waals surface area contributed by atoms with Crippen molar-refractivity contribution in [2.45, 2.75) is 89.6 Å². The van der Waals surface area contributed by atoms with Gasteiger partial charge in [0.05, 0.1) is 25.2 Å². The lowest BCUT2D eigenvalue weighted by atomic mass is 9.71. The van der Waals surface area contributed by atoms with E-state index in [-0.39, 0.29) is 5.97 Å². The second kappa shape index (κ2) is 13.4. The smallest absolute Gasteiger partial charge is 0.306 e. The van der Waals surface area contributed by atoms with Crippen LogP contribution < -0.4 is 0 Å². The average Bonchev–Trinajstić information content (AvgIpc) is 2.71. The van der Waals surface area contributed by atoms with Crippen molar-refractivity contribution in [3.05, 3.63) is 0 Å². The largest absolute Gasteiger partial charge is 0.466 e. The molecule has 0 aromatic heterocycles. The third-order valence-electron chi connectivity index (χ3n) is 6.31. The number of carbonyl (C=O) groups excluding carboxylic acids is 1. The molecule has 0 bridgehead atoms. The van der Waals surface area contributed by atoms with Crippen LogP contribution in [0.15, 0.2) is 0 Å². The van der Waals surface area contributed by atoms with Crippen molar-refractivity contribution in [3.8, 4) is 6.07 Å². The van der Waals surface area contributed by atoms with Crippen molar-refractivity contribution in [3.63, 3.8) is 0 Å². The van der Waals surface area contributed by atoms with Gasteiger partial charge < -0.3 is 9.47 Å². The van der Waals surface area contributed by atoms with Crippen LogP contribution in [-0.2, 0) is 14.3 Å². The molecule has 0 heterocycles. The second-order valence-corrected chi connectivity index (χ2v) is 8.70. The van der Waals surface area contributed by atoms with E-state index < -0.39 is 0 Å². The average molecular weight is 396 g/mol. The first kappa shape index (κ1) is 22.6. The molecule has 0 saturated heterocycles. The topological polar surface area (TPSA) is 59.3 Å². The molecule has 2 fully saturated rings. The van der Waals surface area contributed by atoms with E-state index in [4.69, 9.17) is 14.7 Å². The van der Waals surface area contributed by atoms with Crippen LogP contribution in [0.25, 0.3) is 0 Å². The summed E-state index contributed by atoms with van der Waals surface area (Å²) >= 11 is 4.02. The zero-order valence-corrected chi connectivity index (χ0v) is 17.6. The van der Waals surface area contributed by atoms with Gasteiger partial charge in [-0.15, -0.1) is 0 Å². The number of thiol groups is 1. The van der Waals surface area contributed by atoms with Crippen molar-refractivity contribution in [1.29, 1.82) is 5.26 Å². The van der Waals surface area contributed by atoms with Crippen LogP contribution in [0.2, 0.25) is 0 Å². The number of hydrogen-bond donors (Lipinski definition) is 1. The highest BCUT2D eigenvalue weighted by Crippen LogP contribution is 2.40. The van der Waals surface area contributed by atoms with Crippen LogP contribution in [0.4, 0.5) is 0 Å². The van der Waals surface area contributed by atoms with Gasteiger partial charge in [0.15, 0.2) is 0 Å². The molecule has 2 aliphatic carbocycles. The molecule has 2 rings (SSSR count). The fourth-order valence-electron chi connectivity index (χ4n) is 4.60. The lowest BCUT2D eigenvalue weighted by Gasteiger charge is -2.36. The molecule has 0 unspecified atom stereocenters. The number of nitriles is 1. The lowest BCUT2D eigenvalue weighted by molar-refractivity contribution is -0.143. The Kier molecular flexibility index (Phi) is 11.2. The predicted molar refractivity (Wildman–Crippen MR) is 111 cm³/mol. The van der Waals surface area contributed by atoms with Crippen molar-refractivity contribution in [1.82, 2.24) is 0 Å². The number of ether oxygens (including phenoxy) is 2. The fourth-order valence-corrected chi connectivity index (χ4v) is 4.79. The summed E-state index contributed by atoms with van der Waals surface area (Å²) in [5.41, 5.74) is 0. The van der Waals surface area contributed by atoms with Gasteiger partial charge in [-0.05, 0) is 82.5 Å². The molecule has 0 amide bonds. The number of hydrogen-bond acceptors (Lipinski definition) is 5. The molecule has 0 N–H and O–H groups in total. The SMILES string of the molecule is N#CC1CCC(C2CCC(OCCCCCCOC(=O)CCS)CC2)CC1. The fraction of sp³-hybridized carbons (Fsp3) is 0.909. The van der Waals surface area contributed by atoms with E-state index in [0.717, 1.165) is 57.0 Å². The Hall–Kier alpha value is -0.730. The highest BCUT2D eigenvalue weighted by atomic mass is 32.1. The monoisotopic (exact) mass is 395 g/mol. The van der Waals surface area contributed by atoms with Gasteiger partial charge in [-0.25, -0.2) is 0 Å². The van der Waals surface area contributed by atoms with E-state index in [1.165, 1.54) is 38.5 Å². The van der Waals surface area contributed by atoms with E-state index in [2.05, 4.69) is 18.7 Å². The summed E-state index contributed by atoms with van der Waals surface area (Å²) in [6.07, 6.45) is 14.9. The van der Waals surface area contributed by atoms with Gasteiger partial charge in [0.1, 0.15) is 0 Å². The maximum absolute atomic E-state index is 11.2. The van der Waals surface area contributed by atoms with Crippen molar-refractivity contribution < 1.29 is 14.3 Å². The molecule has 2 saturated carbocycles. The molecule has 0 aromatic rings. The molecule has 0 radical (unpaired) electrons. The predicted octanol–water partition coefficient (Wildman–Crippen LogP) is 5.32. The number of carbonyl (C=O) groups is 1. The van der Waals surface area contributed by atoms with Gasteiger partial charge in [0, 0.05) is 18.3 Å². The van der Waals surface area contributed by atoms with Gasteiger partial charge in [-0.1, -0.05) is 6.42 Å². The molecule has 27 heavy (non-hydrogen) atoms. The van der Waals surface area contributed by atoms with E-state index in [9.17, 15) is 4.79 Å². The molecule has 154 valence electrons. The Morgan fingerprint density at radius 1 is 0.889 bits per heavy atom. The standard InChI is InChI=1S/C22H37NO3S/c23-17-18-5-7-19(8-6-18)20-9-11-21(12-10-20)25-14-3-1-2-4-15-26-22(24)13-16-27/h18-21,27H,1-16H2. The number of esters is 1. The van der Waals surface area contributed by atoms with Crippen molar-refractivity contribution in [2.75, 3.05) is 19.0 Å². The minimum absolute atomic E-state index is 0.137. The zero-order chi connectivity index (χ0) is 19.3. The maximum Gasteiger partial charge on any atom is 0.306 e. The number of unbranched alkanes of at least 4 members (excludes halogenated alkanes) is 3. The zero-order valence-electron chi connectivity index (χ0n) is 16.7. The minimum Gasteiger partial charge on any atom is -0.466 e. The molecular formula is C22H37NO3S. The Morgan fingerprint density at radius 3 is 2.07 bits per heavy atom. The molecule has 2 aliphatic rings. The maximum atomic E-state index is 11.2. The molecule has 0 atom stereocenters. The lowest BCUT2D eigenvalue weighted by Crippen LogP contribution is -2.28. The molecular weight excluding hydrogens is 358 g/mol. The summed E-state index contributed by atoms with van der Waals surface area (Å²) in [5.74, 6) is 2.47. The minimum atomic E-state index is -0.137. The molecule has 0 aliphatic heterocycles. The summed E-state index contributed by atoms with van der Waals surface area (Å²) < 4.78 is 11.2. The Labute approximate surface area is 170 Å². The van der Waals surface area contributed by atoms with E-state index >= 15 is 0 Å². The quantitative estimate of drug-likeness (QED) is 0.292. The van der Waals surface area contributed by atoms with Crippen molar-refractivity contribution >= 4 is 18.6 Å². The van der Waals surface area contributed by atoms with Gasteiger partial charge in [-0.2, -0.15) is 17.9 Å². The summed E-state index contributed by atoms with van der Waals surface area (Å²) in [5, 5.41) is 9.04. The Balaban J connectivity index is 1.43. The Morgan fingerprint density at radius 2 is 1.48 bits per heavy atom. The highest BCUT2D eigenvalue weighted by Gasteiger charge is 2.30. The first-order valence-electron chi connectivity index (χ1n) is 11.0. The summed E-state index contributed by atoms with van der Waals surface area (Å²) in [4.78, 5) is 11.2. The van der Waals surface area contributed by atoms with Gasteiger partial charge >= 0.3 is 5.97 Å². The van der Waals surface area contributed by atoms with Gasteiger partial charge in [0.25, 0.3) is 0 Å². The third-order valence-corrected chi connectivity index (χ3v) is 6.53. The van der Waals surface area contributed by atoms with Crippen LogP contribution in [0, 0.1) is 29.1 Å². The normalized spacial score (nSPS) is 28.4. The summed E-state index contributed by atoms with van der Waals surface area (Å²) in [6, 6.07) is 2.44. The van der Waals surface area contributed by atoms with Crippen LogP contribution >= 0.6 is 12.6 Å². The highest BCUT2D eigenvalue weighted by molar-refractivity contribution is 7.80. The number of nitrogens with zero attached hydrogens (tertiary/aromatic N) is 1. The van der Waals surface area contributed by atoms with E-state index in [1.807, 2.05) is 0 Å². The van der Waals surface area contributed by atoms with Crippen LogP contribution in [0.5, 0.6) is 0 Å². The summed E-state index contributed by atoms with van der Waals surface area (Å²) in [6.45, 7) is 1.40. The van der Waals surface area contributed by atoms with Crippen molar-refractivity contribution in [2.24, 2.45) is 17.8 Å².